The molecule has 0 saturated carbocycles. The summed E-state index contributed by atoms with van der Waals surface area (Å²) < 4.78 is 29.7. The minimum atomic E-state index is -2.92. The van der Waals surface area contributed by atoms with E-state index in [0.29, 0.717) is 11.5 Å². The molecule has 0 unspecified atom stereocenters. The first-order chi connectivity index (χ1) is 15.6. The predicted molar refractivity (Wildman–Crippen MR) is 137 cm³/mol. The van der Waals surface area contributed by atoms with E-state index in [1.807, 2.05) is 45.9 Å². The molecule has 33 heavy (non-hydrogen) atoms. The molecule has 0 fully saturated rings. The van der Waals surface area contributed by atoms with Crippen molar-refractivity contribution < 1.29 is 8.78 Å². The molecule has 0 amide bonds. The maximum atomic E-state index is 14.0. The number of imidazole rings is 1. The van der Waals surface area contributed by atoms with Gasteiger partial charge in [-0.2, -0.15) is 0 Å². The van der Waals surface area contributed by atoms with Gasteiger partial charge in [-0.25, -0.2) is 13.8 Å². The van der Waals surface area contributed by atoms with Gasteiger partial charge in [0, 0.05) is 12.5 Å². The van der Waals surface area contributed by atoms with E-state index in [9.17, 15) is 8.78 Å². The number of benzene rings is 3. The Balaban J connectivity index is 0.000000323. The lowest BCUT2D eigenvalue weighted by atomic mass is 10.1. The molecule has 0 spiro atoms. The van der Waals surface area contributed by atoms with Crippen molar-refractivity contribution in [3.63, 3.8) is 0 Å². The van der Waals surface area contributed by atoms with Gasteiger partial charge in [0.25, 0.3) is 5.92 Å². The molecule has 0 bridgehead atoms. The van der Waals surface area contributed by atoms with Crippen LogP contribution in [0.1, 0.15) is 55.8 Å². The fourth-order valence-corrected chi connectivity index (χ4v) is 3.45. The number of fused-ring (bicyclic) bond motifs is 1. The van der Waals surface area contributed by atoms with Gasteiger partial charge in [-0.1, -0.05) is 85.7 Å². The van der Waals surface area contributed by atoms with E-state index in [-0.39, 0.29) is 5.56 Å². The normalized spacial score (nSPS) is 10.7. The lowest BCUT2D eigenvalue weighted by Gasteiger charge is -2.17. The van der Waals surface area contributed by atoms with E-state index in [1.165, 1.54) is 17.2 Å². The van der Waals surface area contributed by atoms with Crippen molar-refractivity contribution in [3.8, 4) is 5.69 Å². The predicted octanol–water partition coefficient (Wildman–Crippen LogP) is 8.81. The molecular formula is C29H34F2N2. The minimum Gasteiger partial charge on any atom is -0.296 e. The maximum absolute atomic E-state index is 14.0. The highest BCUT2D eigenvalue weighted by atomic mass is 19.3. The van der Waals surface area contributed by atoms with Gasteiger partial charge >= 0.3 is 0 Å². The van der Waals surface area contributed by atoms with Crippen LogP contribution < -0.4 is 0 Å². The Bertz CT molecular complexity index is 1190. The van der Waals surface area contributed by atoms with Crippen molar-refractivity contribution in [3.05, 3.63) is 101 Å². The standard InChI is InChI=1S/C19H18F2N2.C8H10.C2H6/c1-12(2)14-9-10-18-16(11-14)22-13(3)23(18)17-8-6-5-7-15(17)19(4,20)21;1-7-3-5-8(2)6-4-7;1-2/h5-11H,1H2,2-4H3;3-6H,1-2H3;1-2H3. The number of hydrogen-bond acceptors (Lipinski definition) is 1. The zero-order valence-electron chi connectivity index (χ0n) is 20.7. The molecule has 1 heterocycles. The number of para-hydroxylation sites is 1. The van der Waals surface area contributed by atoms with Gasteiger partial charge in [-0.15, -0.1) is 0 Å². The second-order valence-corrected chi connectivity index (χ2v) is 8.04. The van der Waals surface area contributed by atoms with Gasteiger partial charge in [-0.05, 0) is 51.5 Å². The molecule has 4 rings (SSSR count). The lowest BCUT2D eigenvalue weighted by Crippen LogP contribution is -2.12. The van der Waals surface area contributed by atoms with Crippen LogP contribution in [0.4, 0.5) is 8.78 Å². The van der Waals surface area contributed by atoms with Crippen molar-refractivity contribution in [1.29, 1.82) is 0 Å². The molecule has 174 valence electrons. The Hall–Kier alpha value is -3.27. The van der Waals surface area contributed by atoms with E-state index >= 15 is 0 Å². The van der Waals surface area contributed by atoms with Crippen LogP contribution in [0.3, 0.4) is 0 Å². The number of nitrogens with zero attached hydrogens (tertiary/aromatic N) is 2. The van der Waals surface area contributed by atoms with Gasteiger partial charge < -0.3 is 0 Å². The molecule has 0 N–H and O–H groups in total. The van der Waals surface area contributed by atoms with Crippen LogP contribution in [0.2, 0.25) is 0 Å². The van der Waals surface area contributed by atoms with Crippen LogP contribution >= 0.6 is 0 Å². The average molecular weight is 449 g/mol. The molecule has 4 aromatic rings. The topological polar surface area (TPSA) is 17.8 Å². The summed E-state index contributed by atoms with van der Waals surface area (Å²) in [7, 11) is 0. The second kappa shape index (κ2) is 11.0. The Labute approximate surface area is 196 Å². The molecule has 4 heteroatoms. The Kier molecular flexibility index (Phi) is 8.69. The number of alkyl halides is 2. The maximum Gasteiger partial charge on any atom is 0.272 e. The summed E-state index contributed by atoms with van der Waals surface area (Å²) in [4.78, 5) is 4.53. The molecule has 3 aromatic carbocycles. The Morgan fingerprint density at radius 2 is 1.42 bits per heavy atom. The van der Waals surface area contributed by atoms with Crippen molar-refractivity contribution in [1.82, 2.24) is 9.55 Å². The Morgan fingerprint density at radius 1 is 0.879 bits per heavy atom. The average Bonchev–Trinajstić information content (AvgIpc) is 3.11. The molecule has 0 aliphatic carbocycles. The van der Waals surface area contributed by atoms with Gasteiger partial charge in [0.2, 0.25) is 0 Å². The number of allylic oxidation sites excluding steroid dienone is 1. The van der Waals surface area contributed by atoms with Crippen LogP contribution in [0.25, 0.3) is 22.3 Å². The molecule has 0 saturated heterocycles. The molecule has 0 aliphatic heterocycles. The number of aromatic nitrogens is 2. The SMILES string of the molecule is C=C(C)c1ccc2c(c1)nc(C)n2-c1ccccc1C(C)(F)F.CC.Cc1ccc(C)cc1. The molecule has 1 aromatic heterocycles. The van der Waals surface area contributed by atoms with Crippen molar-refractivity contribution in [2.75, 3.05) is 0 Å². The highest BCUT2D eigenvalue weighted by Gasteiger charge is 2.28. The third-order valence-corrected chi connectivity index (χ3v) is 5.15. The van der Waals surface area contributed by atoms with E-state index in [0.717, 1.165) is 29.1 Å². The minimum absolute atomic E-state index is 0.00798. The first kappa shape index (κ1) is 26.0. The summed E-state index contributed by atoms with van der Waals surface area (Å²) in [5.41, 5.74) is 6.64. The molecular weight excluding hydrogens is 414 g/mol. The third-order valence-electron chi connectivity index (χ3n) is 5.15. The lowest BCUT2D eigenvalue weighted by molar-refractivity contribution is 0.0175. The number of halogens is 2. The molecule has 2 nitrogen and oxygen atoms in total. The summed E-state index contributed by atoms with van der Waals surface area (Å²) in [5, 5.41) is 0. The van der Waals surface area contributed by atoms with Gasteiger partial charge in [0.05, 0.1) is 16.7 Å². The molecule has 0 radical (unpaired) electrons. The Morgan fingerprint density at radius 3 is 1.94 bits per heavy atom. The van der Waals surface area contributed by atoms with Crippen LogP contribution in [0.15, 0.2) is 73.3 Å². The second-order valence-electron chi connectivity index (χ2n) is 8.04. The summed E-state index contributed by atoms with van der Waals surface area (Å²) in [6.07, 6.45) is 0. The fourth-order valence-electron chi connectivity index (χ4n) is 3.45. The summed E-state index contributed by atoms with van der Waals surface area (Å²) in [6.45, 7) is 16.8. The number of hydrogen-bond donors (Lipinski definition) is 0. The van der Waals surface area contributed by atoms with Crippen LogP contribution in [0, 0.1) is 20.8 Å². The number of aryl methyl sites for hydroxylation is 3. The van der Waals surface area contributed by atoms with Gasteiger partial charge in [-0.3, -0.25) is 4.57 Å². The van der Waals surface area contributed by atoms with E-state index in [4.69, 9.17) is 0 Å². The van der Waals surface area contributed by atoms with Crippen LogP contribution in [0.5, 0.6) is 0 Å². The van der Waals surface area contributed by atoms with Crippen molar-refractivity contribution in [2.24, 2.45) is 0 Å². The zero-order valence-corrected chi connectivity index (χ0v) is 20.7. The van der Waals surface area contributed by atoms with E-state index in [2.05, 4.69) is 49.7 Å². The summed E-state index contributed by atoms with van der Waals surface area (Å²) in [6, 6.07) is 20.8. The highest BCUT2D eigenvalue weighted by Crippen LogP contribution is 2.34. The van der Waals surface area contributed by atoms with Crippen LogP contribution in [-0.4, -0.2) is 9.55 Å². The van der Waals surface area contributed by atoms with Gasteiger partial charge in [0.1, 0.15) is 5.82 Å². The fraction of sp³-hybridized carbons (Fsp3) is 0.276. The smallest absolute Gasteiger partial charge is 0.272 e. The van der Waals surface area contributed by atoms with Crippen molar-refractivity contribution >= 4 is 16.6 Å². The number of rotatable bonds is 3. The highest BCUT2D eigenvalue weighted by molar-refractivity contribution is 5.82. The van der Waals surface area contributed by atoms with Gasteiger partial charge in [0.15, 0.2) is 0 Å². The first-order valence-electron chi connectivity index (χ1n) is 11.2. The monoisotopic (exact) mass is 448 g/mol. The van der Waals surface area contributed by atoms with E-state index < -0.39 is 5.92 Å². The van der Waals surface area contributed by atoms with E-state index in [1.54, 1.807) is 22.8 Å². The third kappa shape index (κ3) is 6.38. The first-order valence-corrected chi connectivity index (χ1v) is 11.2. The summed E-state index contributed by atoms with van der Waals surface area (Å²) in [5.74, 6) is -2.24. The zero-order chi connectivity index (χ0) is 24.8. The molecule has 0 aliphatic rings. The van der Waals surface area contributed by atoms with Crippen LogP contribution in [-0.2, 0) is 5.92 Å². The largest absolute Gasteiger partial charge is 0.296 e. The molecule has 0 atom stereocenters. The summed E-state index contributed by atoms with van der Waals surface area (Å²) >= 11 is 0. The quantitative estimate of drug-likeness (QED) is 0.306. The van der Waals surface area contributed by atoms with Crippen molar-refractivity contribution in [2.45, 2.75) is 54.4 Å².